The second-order valence-corrected chi connectivity index (χ2v) is 6.79. The quantitative estimate of drug-likeness (QED) is 0.722. The van der Waals surface area contributed by atoms with Gasteiger partial charge in [-0.2, -0.15) is 0 Å². The molecule has 0 saturated heterocycles. The summed E-state index contributed by atoms with van der Waals surface area (Å²) in [6.45, 7) is 0.590. The number of thiophene rings is 1. The topological polar surface area (TPSA) is 91.3 Å². The lowest BCUT2D eigenvalue weighted by atomic mass is 9.99. The van der Waals surface area contributed by atoms with E-state index in [0.717, 1.165) is 17.7 Å². The normalized spacial score (nSPS) is 13.2. The summed E-state index contributed by atoms with van der Waals surface area (Å²) in [6, 6.07) is 4.94. The van der Waals surface area contributed by atoms with Gasteiger partial charge in [0.1, 0.15) is 5.75 Å². The van der Waals surface area contributed by atoms with Crippen LogP contribution in [0.4, 0.5) is 0 Å². The molecule has 6 nitrogen and oxygen atoms in total. The van der Waals surface area contributed by atoms with Gasteiger partial charge in [-0.1, -0.05) is 0 Å². The Hall–Kier alpha value is -2.41. The molecule has 2 aromatic rings. The van der Waals surface area contributed by atoms with Gasteiger partial charge >= 0.3 is 0 Å². The van der Waals surface area contributed by atoms with Crippen molar-refractivity contribution in [1.29, 1.82) is 0 Å². The van der Waals surface area contributed by atoms with Gasteiger partial charge in [-0.25, -0.2) is 4.98 Å². The number of aromatic hydroxyl groups is 1. The number of fused-ring (bicyclic) bond motifs is 1. The van der Waals surface area contributed by atoms with Crippen molar-refractivity contribution in [2.45, 2.75) is 25.7 Å². The summed E-state index contributed by atoms with van der Waals surface area (Å²) >= 11 is 1.56. The van der Waals surface area contributed by atoms with Crippen LogP contribution in [0.5, 0.6) is 5.75 Å². The first kappa shape index (κ1) is 16.4. The lowest BCUT2D eigenvalue weighted by Gasteiger charge is -2.08. The average molecular weight is 345 g/mol. The first-order valence-corrected chi connectivity index (χ1v) is 8.79. The number of carbonyl (C=O) groups is 2. The Morgan fingerprint density at radius 2 is 1.92 bits per heavy atom. The SMILES string of the molecule is O=C(NCCNC(=O)c1ncccc1O)c1cc2c(s1)CCCC2. The number of amides is 2. The van der Waals surface area contributed by atoms with Gasteiger partial charge in [-0.15, -0.1) is 11.3 Å². The molecule has 2 aromatic heterocycles. The number of carbonyl (C=O) groups excluding carboxylic acids is 2. The first-order chi connectivity index (χ1) is 11.6. The fourth-order valence-electron chi connectivity index (χ4n) is 2.70. The van der Waals surface area contributed by atoms with E-state index in [9.17, 15) is 14.7 Å². The van der Waals surface area contributed by atoms with Gasteiger partial charge in [0.25, 0.3) is 11.8 Å². The van der Waals surface area contributed by atoms with Crippen molar-refractivity contribution in [2.24, 2.45) is 0 Å². The molecule has 3 N–H and O–H groups in total. The maximum absolute atomic E-state index is 12.2. The van der Waals surface area contributed by atoms with E-state index in [2.05, 4.69) is 15.6 Å². The molecule has 0 aliphatic heterocycles. The fourth-order valence-corrected chi connectivity index (χ4v) is 3.87. The second-order valence-electron chi connectivity index (χ2n) is 5.65. The van der Waals surface area contributed by atoms with E-state index < -0.39 is 5.91 Å². The summed E-state index contributed by atoms with van der Waals surface area (Å²) < 4.78 is 0. The summed E-state index contributed by atoms with van der Waals surface area (Å²) in [7, 11) is 0. The number of nitrogens with one attached hydrogen (secondary N) is 2. The fraction of sp³-hybridized carbons (Fsp3) is 0.353. The molecule has 0 fully saturated rings. The summed E-state index contributed by atoms with van der Waals surface area (Å²) in [5.74, 6) is -0.735. The molecule has 3 rings (SSSR count). The lowest BCUT2D eigenvalue weighted by molar-refractivity contribution is 0.0925. The van der Waals surface area contributed by atoms with Crippen LogP contribution in [-0.4, -0.2) is 35.0 Å². The highest BCUT2D eigenvalue weighted by Gasteiger charge is 2.17. The number of rotatable bonds is 5. The van der Waals surface area contributed by atoms with Crippen LogP contribution in [0.2, 0.25) is 0 Å². The minimum Gasteiger partial charge on any atom is -0.505 e. The molecule has 126 valence electrons. The highest BCUT2D eigenvalue weighted by Crippen LogP contribution is 2.29. The number of aryl methyl sites for hydroxylation is 2. The number of pyridine rings is 1. The van der Waals surface area contributed by atoms with Gasteiger partial charge < -0.3 is 15.7 Å². The van der Waals surface area contributed by atoms with Crippen LogP contribution in [0.15, 0.2) is 24.4 Å². The van der Waals surface area contributed by atoms with Gasteiger partial charge in [-0.05, 0) is 49.4 Å². The predicted molar refractivity (Wildman–Crippen MR) is 91.5 cm³/mol. The molecule has 2 heterocycles. The van der Waals surface area contributed by atoms with Crippen LogP contribution >= 0.6 is 11.3 Å². The minimum atomic E-state index is -0.464. The Balaban J connectivity index is 1.46. The molecule has 7 heteroatoms. The zero-order valence-corrected chi connectivity index (χ0v) is 14.0. The van der Waals surface area contributed by atoms with Crippen LogP contribution in [0.3, 0.4) is 0 Å². The smallest absolute Gasteiger partial charge is 0.273 e. The van der Waals surface area contributed by atoms with E-state index in [0.29, 0.717) is 6.54 Å². The lowest BCUT2D eigenvalue weighted by Crippen LogP contribution is -2.34. The number of hydrogen-bond donors (Lipinski definition) is 3. The average Bonchev–Trinajstić information content (AvgIpc) is 3.03. The van der Waals surface area contributed by atoms with Crippen LogP contribution in [0, 0.1) is 0 Å². The van der Waals surface area contributed by atoms with Crippen LogP contribution < -0.4 is 10.6 Å². The van der Waals surface area contributed by atoms with Crippen molar-refractivity contribution in [3.8, 4) is 5.75 Å². The van der Waals surface area contributed by atoms with Crippen molar-refractivity contribution in [1.82, 2.24) is 15.6 Å². The molecule has 0 aromatic carbocycles. The zero-order valence-electron chi connectivity index (χ0n) is 13.2. The molecule has 0 radical (unpaired) electrons. The Morgan fingerprint density at radius 1 is 1.17 bits per heavy atom. The maximum Gasteiger partial charge on any atom is 0.273 e. The third-order valence-electron chi connectivity index (χ3n) is 3.92. The Bertz CT molecular complexity index is 734. The summed E-state index contributed by atoms with van der Waals surface area (Å²) in [5.41, 5.74) is 1.28. The van der Waals surface area contributed by atoms with Crippen LogP contribution in [-0.2, 0) is 12.8 Å². The first-order valence-electron chi connectivity index (χ1n) is 7.97. The van der Waals surface area contributed by atoms with Crippen LogP contribution in [0.25, 0.3) is 0 Å². The van der Waals surface area contributed by atoms with Gasteiger partial charge in [0.15, 0.2) is 5.69 Å². The Labute approximate surface area is 143 Å². The number of aromatic nitrogens is 1. The van der Waals surface area contributed by atoms with Crippen molar-refractivity contribution < 1.29 is 14.7 Å². The van der Waals surface area contributed by atoms with E-state index in [4.69, 9.17) is 0 Å². The van der Waals surface area contributed by atoms with E-state index in [1.807, 2.05) is 6.07 Å². The minimum absolute atomic E-state index is 0.0187. The molecule has 24 heavy (non-hydrogen) atoms. The maximum atomic E-state index is 12.2. The molecule has 0 atom stereocenters. The molecule has 2 amide bonds. The van der Waals surface area contributed by atoms with Crippen molar-refractivity contribution in [3.63, 3.8) is 0 Å². The third kappa shape index (κ3) is 3.73. The molecular weight excluding hydrogens is 326 g/mol. The number of hydrogen-bond acceptors (Lipinski definition) is 5. The zero-order chi connectivity index (χ0) is 16.9. The van der Waals surface area contributed by atoms with E-state index in [1.165, 1.54) is 35.5 Å². The highest BCUT2D eigenvalue weighted by atomic mass is 32.1. The second kappa shape index (κ2) is 7.44. The number of nitrogens with zero attached hydrogens (tertiary/aromatic N) is 1. The molecular formula is C17H19N3O3S. The summed E-state index contributed by atoms with van der Waals surface area (Å²) in [5, 5.41) is 15.0. The van der Waals surface area contributed by atoms with Gasteiger partial charge in [0.2, 0.25) is 0 Å². The standard InChI is InChI=1S/C17H19N3O3S/c21-12-5-3-7-18-15(12)17(23)20-9-8-19-16(22)14-10-11-4-1-2-6-13(11)24-14/h3,5,7,10,21H,1-2,4,6,8-9H2,(H,19,22)(H,20,23). The van der Waals surface area contributed by atoms with Crippen molar-refractivity contribution >= 4 is 23.2 Å². The van der Waals surface area contributed by atoms with Crippen molar-refractivity contribution in [2.75, 3.05) is 13.1 Å². The van der Waals surface area contributed by atoms with Gasteiger partial charge in [0.05, 0.1) is 4.88 Å². The van der Waals surface area contributed by atoms with Gasteiger partial charge in [0, 0.05) is 24.2 Å². The Kier molecular flexibility index (Phi) is 5.10. The van der Waals surface area contributed by atoms with Gasteiger partial charge in [-0.3, -0.25) is 9.59 Å². The Morgan fingerprint density at radius 3 is 2.67 bits per heavy atom. The molecule has 0 saturated carbocycles. The molecule has 0 spiro atoms. The molecule has 0 bridgehead atoms. The van der Waals surface area contributed by atoms with E-state index >= 15 is 0 Å². The van der Waals surface area contributed by atoms with Crippen LogP contribution in [0.1, 0.15) is 43.4 Å². The molecule has 0 unspecified atom stereocenters. The molecule has 1 aliphatic carbocycles. The summed E-state index contributed by atoms with van der Waals surface area (Å²) in [4.78, 5) is 29.9. The highest BCUT2D eigenvalue weighted by molar-refractivity contribution is 7.14. The third-order valence-corrected chi connectivity index (χ3v) is 5.15. The van der Waals surface area contributed by atoms with E-state index in [-0.39, 0.29) is 23.9 Å². The molecule has 1 aliphatic rings. The summed E-state index contributed by atoms with van der Waals surface area (Å²) in [6.07, 6.45) is 5.95. The van der Waals surface area contributed by atoms with E-state index in [1.54, 1.807) is 17.4 Å². The van der Waals surface area contributed by atoms with Crippen molar-refractivity contribution in [3.05, 3.63) is 45.4 Å². The monoisotopic (exact) mass is 345 g/mol. The largest absolute Gasteiger partial charge is 0.505 e. The predicted octanol–water partition coefficient (Wildman–Crippen LogP) is 1.89.